The number of hydrogen-bond acceptors (Lipinski definition) is 5. The highest BCUT2D eigenvalue weighted by Crippen LogP contribution is 2.41. The Bertz CT molecular complexity index is 795. The summed E-state index contributed by atoms with van der Waals surface area (Å²) in [5.41, 5.74) is 2.06. The van der Waals surface area contributed by atoms with Gasteiger partial charge in [-0.15, -0.1) is 0 Å². The molecule has 142 valence electrons. The summed E-state index contributed by atoms with van der Waals surface area (Å²) in [6.07, 6.45) is -5.86. The van der Waals surface area contributed by atoms with Crippen LogP contribution in [-0.2, 0) is 9.53 Å². The van der Waals surface area contributed by atoms with Crippen LogP contribution in [0.25, 0.3) is 11.1 Å². The molecule has 1 aliphatic rings. The largest absolute Gasteiger partial charge is 0.490 e. The van der Waals surface area contributed by atoms with Crippen LogP contribution >= 0.6 is 0 Å². The Kier molecular flexibility index (Phi) is 4.96. The van der Waals surface area contributed by atoms with Gasteiger partial charge < -0.3 is 14.3 Å². The first-order valence-electron chi connectivity index (χ1n) is 8.51. The smallest absolute Gasteiger partial charge is 0.452 e. The highest BCUT2D eigenvalue weighted by molar-refractivity contribution is 5.76. The third kappa shape index (κ3) is 4.17. The molecule has 1 aromatic carbocycles. The van der Waals surface area contributed by atoms with E-state index in [1.54, 1.807) is 19.9 Å². The molecule has 1 heterocycles. The van der Waals surface area contributed by atoms with Gasteiger partial charge in [0, 0.05) is 0 Å². The highest BCUT2D eigenvalue weighted by Gasteiger charge is 2.44. The van der Waals surface area contributed by atoms with Gasteiger partial charge >= 0.3 is 12.1 Å². The van der Waals surface area contributed by atoms with Crippen molar-refractivity contribution in [3.8, 4) is 0 Å². The highest BCUT2D eigenvalue weighted by atomic mass is 19.4. The standard InChI is InChI=1S/C18H20F3NO4/c1-9(2)7-14(26-17(24)18(19,20)21)15(23)16-22-12-6-5-11(10-3-4-10)8-13(12)25-16/h5-6,8-10,14-15,23H,3-4,7H2,1-2H3/t14-,15?/m1/s1. The predicted molar refractivity (Wildman–Crippen MR) is 86.3 cm³/mol. The lowest BCUT2D eigenvalue weighted by molar-refractivity contribution is -0.210. The number of rotatable bonds is 6. The first-order valence-corrected chi connectivity index (χ1v) is 8.51. The third-order valence-electron chi connectivity index (χ3n) is 4.28. The van der Waals surface area contributed by atoms with Gasteiger partial charge in [0.05, 0.1) is 0 Å². The number of fused-ring (bicyclic) bond motifs is 1. The lowest BCUT2D eigenvalue weighted by Crippen LogP contribution is -2.34. The van der Waals surface area contributed by atoms with Crippen LogP contribution in [0.5, 0.6) is 0 Å². The van der Waals surface area contributed by atoms with E-state index in [4.69, 9.17) is 4.42 Å². The van der Waals surface area contributed by atoms with Crippen molar-refractivity contribution < 1.29 is 32.2 Å². The molecule has 8 heteroatoms. The number of aromatic nitrogens is 1. The number of hydrogen-bond donors (Lipinski definition) is 1. The summed E-state index contributed by atoms with van der Waals surface area (Å²) in [7, 11) is 0. The Labute approximate surface area is 148 Å². The molecule has 0 spiro atoms. The van der Waals surface area contributed by atoms with Crippen molar-refractivity contribution in [3.63, 3.8) is 0 Å². The van der Waals surface area contributed by atoms with Gasteiger partial charge in [0.15, 0.2) is 11.7 Å². The van der Waals surface area contributed by atoms with Crippen molar-refractivity contribution in [2.75, 3.05) is 0 Å². The van der Waals surface area contributed by atoms with Gasteiger partial charge in [0.25, 0.3) is 0 Å². The van der Waals surface area contributed by atoms with E-state index in [1.807, 2.05) is 12.1 Å². The van der Waals surface area contributed by atoms with Gasteiger partial charge in [-0.25, -0.2) is 9.78 Å². The Hall–Kier alpha value is -2.09. The van der Waals surface area contributed by atoms with Gasteiger partial charge in [0.2, 0.25) is 5.89 Å². The molecular formula is C18H20F3NO4. The zero-order valence-electron chi connectivity index (χ0n) is 14.4. The number of oxazole rings is 1. The van der Waals surface area contributed by atoms with Crippen LogP contribution in [0.3, 0.4) is 0 Å². The van der Waals surface area contributed by atoms with Crippen LogP contribution in [0.1, 0.15) is 56.6 Å². The van der Waals surface area contributed by atoms with Crippen molar-refractivity contribution >= 4 is 17.1 Å². The molecule has 2 atom stereocenters. The number of benzene rings is 1. The normalized spacial score (nSPS) is 17.5. The topological polar surface area (TPSA) is 72.6 Å². The number of halogens is 3. The number of nitrogens with zero attached hydrogens (tertiary/aromatic N) is 1. The summed E-state index contributed by atoms with van der Waals surface area (Å²) >= 11 is 0. The minimum atomic E-state index is -5.13. The van der Waals surface area contributed by atoms with Gasteiger partial charge in [0.1, 0.15) is 11.6 Å². The maximum absolute atomic E-state index is 12.5. The molecule has 1 N–H and O–H groups in total. The van der Waals surface area contributed by atoms with E-state index in [0.29, 0.717) is 17.0 Å². The van der Waals surface area contributed by atoms with Gasteiger partial charge in [-0.05, 0) is 48.8 Å². The molecule has 1 fully saturated rings. The van der Waals surface area contributed by atoms with Crippen molar-refractivity contribution in [2.24, 2.45) is 5.92 Å². The molecule has 0 aliphatic heterocycles. The maximum atomic E-state index is 12.5. The molecule has 1 saturated carbocycles. The van der Waals surface area contributed by atoms with E-state index in [2.05, 4.69) is 9.72 Å². The summed E-state index contributed by atoms with van der Waals surface area (Å²) in [6.45, 7) is 3.49. The monoisotopic (exact) mass is 371 g/mol. The Morgan fingerprint density at radius 3 is 2.65 bits per heavy atom. The number of aliphatic hydroxyl groups excluding tert-OH is 1. The second-order valence-corrected chi connectivity index (χ2v) is 7.07. The molecule has 1 unspecified atom stereocenters. The minimum absolute atomic E-state index is 0.0367. The molecule has 5 nitrogen and oxygen atoms in total. The van der Waals surface area contributed by atoms with Crippen LogP contribution in [0, 0.1) is 5.92 Å². The molecule has 2 aromatic rings. The Balaban J connectivity index is 1.83. The fourth-order valence-corrected chi connectivity index (χ4v) is 2.83. The fraction of sp³-hybridized carbons (Fsp3) is 0.556. The van der Waals surface area contributed by atoms with E-state index in [0.717, 1.165) is 18.4 Å². The van der Waals surface area contributed by atoms with Gasteiger partial charge in [-0.2, -0.15) is 13.2 Å². The second kappa shape index (κ2) is 6.90. The molecular weight excluding hydrogens is 351 g/mol. The minimum Gasteiger partial charge on any atom is -0.452 e. The fourth-order valence-electron chi connectivity index (χ4n) is 2.83. The number of alkyl halides is 3. The number of ether oxygens (including phenoxy) is 1. The number of carbonyl (C=O) groups is 1. The van der Waals surface area contributed by atoms with Crippen molar-refractivity contribution in [3.05, 3.63) is 29.7 Å². The van der Waals surface area contributed by atoms with Crippen LogP contribution in [-0.4, -0.2) is 28.3 Å². The zero-order valence-corrected chi connectivity index (χ0v) is 14.4. The quantitative estimate of drug-likeness (QED) is 0.768. The van der Waals surface area contributed by atoms with Crippen LogP contribution in [0.15, 0.2) is 22.6 Å². The van der Waals surface area contributed by atoms with E-state index >= 15 is 0 Å². The number of aliphatic hydroxyl groups is 1. The molecule has 1 aliphatic carbocycles. The zero-order chi connectivity index (χ0) is 19.1. The SMILES string of the molecule is CC(C)C[C@@H](OC(=O)C(F)(F)F)C(O)c1nc2ccc(C3CC3)cc2o1. The van der Waals surface area contributed by atoms with Crippen molar-refractivity contribution in [1.82, 2.24) is 4.98 Å². The number of carbonyl (C=O) groups excluding carboxylic acids is 1. The molecule has 0 bridgehead atoms. The summed E-state index contributed by atoms with van der Waals surface area (Å²) in [4.78, 5) is 15.3. The molecule has 0 amide bonds. The third-order valence-corrected chi connectivity index (χ3v) is 4.28. The van der Waals surface area contributed by atoms with E-state index < -0.39 is 24.4 Å². The summed E-state index contributed by atoms with van der Waals surface area (Å²) in [5, 5.41) is 10.4. The first kappa shape index (κ1) is 18.7. The molecule has 26 heavy (non-hydrogen) atoms. The lowest BCUT2D eigenvalue weighted by Gasteiger charge is -2.23. The molecule has 0 radical (unpaired) electrons. The van der Waals surface area contributed by atoms with Crippen LogP contribution in [0.2, 0.25) is 0 Å². The molecule has 0 saturated heterocycles. The van der Waals surface area contributed by atoms with Gasteiger partial charge in [-0.3, -0.25) is 0 Å². The average Bonchev–Trinajstić information content (AvgIpc) is 3.30. The maximum Gasteiger partial charge on any atom is 0.490 e. The molecule has 3 rings (SSSR count). The molecule has 1 aromatic heterocycles. The van der Waals surface area contributed by atoms with Crippen molar-refractivity contribution in [1.29, 1.82) is 0 Å². The predicted octanol–water partition coefficient (Wildman–Crippen LogP) is 4.26. The van der Waals surface area contributed by atoms with Crippen LogP contribution in [0.4, 0.5) is 13.2 Å². The lowest BCUT2D eigenvalue weighted by atomic mass is 10.0. The average molecular weight is 371 g/mol. The Morgan fingerprint density at radius 2 is 2.08 bits per heavy atom. The van der Waals surface area contributed by atoms with Crippen LogP contribution < -0.4 is 0 Å². The van der Waals surface area contributed by atoms with Crippen molar-refractivity contribution in [2.45, 2.75) is 57.4 Å². The van der Waals surface area contributed by atoms with Gasteiger partial charge in [-0.1, -0.05) is 19.9 Å². The summed E-state index contributed by atoms with van der Waals surface area (Å²) in [6, 6.07) is 5.51. The van der Waals surface area contributed by atoms with E-state index in [9.17, 15) is 23.1 Å². The van der Waals surface area contributed by atoms with E-state index in [1.165, 1.54) is 0 Å². The summed E-state index contributed by atoms with van der Waals surface area (Å²) < 4.78 is 47.6. The summed E-state index contributed by atoms with van der Waals surface area (Å²) in [5.74, 6) is -2.11. The Morgan fingerprint density at radius 1 is 1.38 bits per heavy atom. The second-order valence-electron chi connectivity index (χ2n) is 7.07. The van der Waals surface area contributed by atoms with E-state index in [-0.39, 0.29) is 18.2 Å². The first-order chi connectivity index (χ1) is 12.1. The number of esters is 1.